The van der Waals surface area contributed by atoms with Gasteiger partial charge in [0.2, 0.25) is 0 Å². The molecular weight excluding hydrogens is 198 g/mol. The van der Waals surface area contributed by atoms with Gasteiger partial charge in [-0.1, -0.05) is 0 Å². The summed E-state index contributed by atoms with van der Waals surface area (Å²) in [5.41, 5.74) is 0.734. The monoisotopic (exact) mass is 211 g/mol. The molecule has 0 aliphatic carbocycles. The van der Waals surface area contributed by atoms with Crippen molar-refractivity contribution in [3.63, 3.8) is 0 Å². The van der Waals surface area contributed by atoms with E-state index < -0.39 is 5.97 Å². The third-order valence-corrected chi connectivity index (χ3v) is 1.79. The van der Waals surface area contributed by atoms with E-state index in [1.54, 1.807) is 13.0 Å². The minimum atomic E-state index is -1.07. The number of carboxylic acids is 1. The lowest BCUT2D eigenvalue weighted by molar-refractivity contribution is 0.0691. The van der Waals surface area contributed by atoms with Gasteiger partial charge in [0.05, 0.1) is 6.61 Å². The van der Waals surface area contributed by atoms with Crippen LogP contribution in [0.3, 0.4) is 0 Å². The van der Waals surface area contributed by atoms with Gasteiger partial charge < -0.3 is 14.9 Å². The van der Waals surface area contributed by atoms with Crippen molar-refractivity contribution in [2.75, 3.05) is 13.2 Å². The molecule has 0 amide bonds. The van der Waals surface area contributed by atoms with Crippen molar-refractivity contribution in [1.82, 2.24) is 4.98 Å². The van der Waals surface area contributed by atoms with E-state index in [1.807, 2.05) is 0 Å². The number of hydrogen-bond donors (Lipinski definition) is 2. The SMILES string of the molecule is Cc1cc(OCCCO)c(C(=O)O)cn1. The quantitative estimate of drug-likeness (QED) is 0.706. The smallest absolute Gasteiger partial charge is 0.341 e. The van der Waals surface area contributed by atoms with Crippen LogP contribution in [0.5, 0.6) is 5.75 Å². The zero-order chi connectivity index (χ0) is 11.3. The predicted molar refractivity (Wildman–Crippen MR) is 53.1 cm³/mol. The molecular formula is C10H13NO4. The Bertz CT molecular complexity index is 351. The number of carboxylic acid groups (broad SMARTS) is 1. The third kappa shape index (κ3) is 3.21. The standard InChI is InChI=1S/C10H13NO4/c1-7-5-9(15-4-2-3-12)8(6-11-7)10(13)14/h5-6,12H,2-4H2,1H3,(H,13,14). The summed E-state index contributed by atoms with van der Waals surface area (Å²) >= 11 is 0. The predicted octanol–water partition coefficient (Wildman–Crippen LogP) is 0.849. The molecule has 0 aromatic carbocycles. The van der Waals surface area contributed by atoms with Gasteiger partial charge in [-0.15, -0.1) is 0 Å². The molecule has 0 unspecified atom stereocenters. The molecule has 1 heterocycles. The third-order valence-electron chi connectivity index (χ3n) is 1.79. The summed E-state index contributed by atoms with van der Waals surface area (Å²) in [6.07, 6.45) is 1.74. The summed E-state index contributed by atoms with van der Waals surface area (Å²) in [6.45, 7) is 2.07. The summed E-state index contributed by atoms with van der Waals surface area (Å²) in [4.78, 5) is 14.7. The summed E-state index contributed by atoms with van der Waals surface area (Å²) in [7, 11) is 0. The molecule has 0 saturated carbocycles. The summed E-state index contributed by atoms with van der Waals surface area (Å²) in [5.74, 6) is -0.773. The molecule has 1 rings (SSSR count). The zero-order valence-electron chi connectivity index (χ0n) is 8.43. The van der Waals surface area contributed by atoms with Crippen LogP contribution in [0.2, 0.25) is 0 Å². The van der Waals surface area contributed by atoms with Gasteiger partial charge >= 0.3 is 5.97 Å². The average molecular weight is 211 g/mol. The zero-order valence-corrected chi connectivity index (χ0v) is 8.43. The fourth-order valence-electron chi connectivity index (χ4n) is 1.06. The highest BCUT2D eigenvalue weighted by Gasteiger charge is 2.11. The first-order valence-corrected chi connectivity index (χ1v) is 4.58. The van der Waals surface area contributed by atoms with Gasteiger partial charge in [0.15, 0.2) is 0 Å². The second-order valence-electron chi connectivity index (χ2n) is 3.05. The highest BCUT2D eigenvalue weighted by molar-refractivity contribution is 5.90. The molecule has 0 spiro atoms. The number of aromatic carboxylic acids is 1. The Morgan fingerprint density at radius 1 is 1.60 bits per heavy atom. The molecule has 0 radical (unpaired) electrons. The molecule has 1 aromatic rings. The van der Waals surface area contributed by atoms with Crippen LogP contribution in [-0.2, 0) is 0 Å². The maximum Gasteiger partial charge on any atom is 0.341 e. The molecule has 0 aliphatic heterocycles. The number of ether oxygens (including phenoxy) is 1. The Morgan fingerprint density at radius 2 is 2.33 bits per heavy atom. The van der Waals surface area contributed by atoms with E-state index in [4.69, 9.17) is 14.9 Å². The minimum absolute atomic E-state index is 0.0203. The Kier molecular flexibility index (Phi) is 4.05. The molecule has 0 bridgehead atoms. The molecule has 5 nitrogen and oxygen atoms in total. The Labute approximate surface area is 87.3 Å². The van der Waals surface area contributed by atoms with E-state index in [9.17, 15) is 4.79 Å². The second kappa shape index (κ2) is 5.31. The molecule has 0 aliphatic rings. The lowest BCUT2D eigenvalue weighted by Crippen LogP contribution is -2.06. The highest BCUT2D eigenvalue weighted by atomic mass is 16.5. The average Bonchev–Trinajstić information content (AvgIpc) is 2.18. The van der Waals surface area contributed by atoms with E-state index in [0.717, 1.165) is 0 Å². The van der Waals surface area contributed by atoms with Crippen LogP contribution < -0.4 is 4.74 Å². The highest BCUT2D eigenvalue weighted by Crippen LogP contribution is 2.18. The van der Waals surface area contributed by atoms with E-state index >= 15 is 0 Å². The number of aliphatic hydroxyl groups is 1. The maximum absolute atomic E-state index is 10.8. The molecule has 15 heavy (non-hydrogen) atoms. The number of aliphatic hydroxyl groups excluding tert-OH is 1. The fraction of sp³-hybridized carbons (Fsp3) is 0.400. The molecule has 0 atom stereocenters. The molecule has 82 valence electrons. The summed E-state index contributed by atoms with van der Waals surface area (Å²) in [5, 5.41) is 17.4. The van der Waals surface area contributed by atoms with Crippen LogP contribution in [0.4, 0.5) is 0 Å². The van der Waals surface area contributed by atoms with Crippen molar-refractivity contribution in [3.05, 3.63) is 23.5 Å². The van der Waals surface area contributed by atoms with Gasteiger partial charge in [0.25, 0.3) is 0 Å². The van der Waals surface area contributed by atoms with E-state index in [1.165, 1.54) is 6.20 Å². The number of hydrogen-bond acceptors (Lipinski definition) is 4. The van der Waals surface area contributed by atoms with Crippen molar-refractivity contribution >= 4 is 5.97 Å². The Balaban J connectivity index is 2.82. The number of pyridine rings is 1. The Hall–Kier alpha value is -1.62. The topological polar surface area (TPSA) is 79.7 Å². The van der Waals surface area contributed by atoms with Crippen LogP contribution in [0.25, 0.3) is 0 Å². The van der Waals surface area contributed by atoms with E-state index in [0.29, 0.717) is 24.5 Å². The van der Waals surface area contributed by atoms with Crippen LogP contribution in [-0.4, -0.2) is 34.4 Å². The number of rotatable bonds is 5. The molecule has 1 aromatic heterocycles. The van der Waals surface area contributed by atoms with Crippen molar-refractivity contribution < 1.29 is 19.7 Å². The van der Waals surface area contributed by atoms with Gasteiger partial charge in [-0.3, -0.25) is 4.98 Å². The van der Waals surface area contributed by atoms with Crippen LogP contribution in [0, 0.1) is 6.92 Å². The number of aryl methyl sites for hydroxylation is 1. The van der Waals surface area contributed by atoms with Crippen molar-refractivity contribution in [2.45, 2.75) is 13.3 Å². The molecule has 0 saturated heterocycles. The van der Waals surface area contributed by atoms with Crippen LogP contribution in [0.1, 0.15) is 22.5 Å². The van der Waals surface area contributed by atoms with E-state index in [-0.39, 0.29) is 12.2 Å². The van der Waals surface area contributed by atoms with Gasteiger partial charge in [0.1, 0.15) is 11.3 Å². The first-order chi connectivity index (χ1) is 7.15. The van der Waals surface area contributed by atoms with Gasteiger partial charge in [-0.2, -0.15) is 0 Å². The molecule has 5 heteroatoms. The van der Waals surface area contributed by atoms with Crippen molar-refractivity contribution in [2.24, 2.45) is 0 Å². The van der Waals surface area contributed by atoms with Gasteiger partial charge in [0, 0.05) is 31.0 Å². The number of nitrogens with zero attached hydrogens (tertiary/aromatic N) is 1. The number of aromatic nitrogens is 1. The summed E-state index contributed by atoms with van der Waals surface area (Å²) < 4.78 is 5.24. The first kappa shape index (κ1) is 11.5. The van der Waals surface area contributed by atoms with Gasteiger partial charge in [-0.25, -0.2) is 4.79 Å². The van der Waals surface area contributed by atoms with Crippen LogP contribution >= 0.6 is 0 Å². The van der Waals surface area contributed by atoms with E-state index in [2.05, 4.69) is 4.98 Å². The second-order valence-corrected chi connectivity index (χ2v) is 3.05. The molecule has 2 N–H and O–H groups in total. The lowest BCUT2D eigenvalue weighted by atomic mass is 10.2. The minimum Gasteiger partial charge on any atom is -0.492 e. The van der Waals surface area contributed by atoms with Gasteiger partial charge in [-0.05, 0) is 6.92 Å². The lowest BCUT2D eigenvalue weighted by Gasteiger charge is -2.08. The first-order valence-electron chi connectivity index (χ1n) is 4.58. The largest absolute Gasteiger partial charge is 0.492 e. The van der Waals surface area contributed by atoms with Crippen molar-refractivity contribution in [1.29, 1.82) is 0 Å². The molecule has 0 fully saturated rings. The summed E-state index contributed by atoms with van der Waals surface area (Å²) in [6, 6.07) is 1.57. The fourth-order valence-corrected chi connectivity index (χ4v) is 1.06. The van der Waals surface area contributed by atoms with Crippen LogP contribution in [0.15, 0.2) is 12.3 Å². The van der Waals surface area contributed by atoms with Crippen molar-refractivity contribution in [3.8, 4) is 5.75 Å². The maximum atomic E-state index is 10.8. The number of carbonyl (C=O) groups is 1. The Morgan fingerprint density at radius 3 is 2.93 bits per heavy atom. The normalized spacial score (nSPS) is 10.0.